The summed E-state index contributed by atoms with van der Waals surface area (Å²) < 4.78 is 8.77. The zero-order chi connectivity index (χ0) is 20.4. The summed E-state index contributed by atoms with van der Waals surface area (Å²) in [5.41, 5.74) is 2.60. The molecule has 5 nitrogen and oxygen atoms in total. The molecule has 3 aliphatic rings. The molecule has 1 amide bonds. The largest absolute Gasteiger partial charge is 0.372 e. The number of likely N-dealkylation sites (tertiary alicyclic amines) is 1. The first-order valence-corrected chi connectivity index (χ1v) is 10.8. The van der Waals surface area contributed by atoms with E-state index in [9.17, 15) is 4.79 Å². The number of amides is 1. The number of piperidine rings is 1. The molecule has 1 N–H and O–H groups in total. The highest BCUT2D eigenvalue weighted by atomic mass is 35.5. The molecule has 4 heterocycles. The number of fused-ring (bicyclic) bond motifs is 4. The first kappa shape index (κ1) is 19.0. The van der Waals surface area contributed by atoms with Crippen LogP contribution in [0.15, 0.2) is 36.5 Å². The van der Waals surface area contributed by atoms with Crippen molar-refractivity contribution in [1.29, 1.82) is 0 Å². The maximum Gasteiger partial charge on any atom is 0.227 e. The standard InChI is InChI=1S/C23H28ClN3O2/c1-21(2,3)20(28)26-11-8-22(9-12-26)14-23(15-29-22)19-5-4-10-27(19)18-7-6-16(24)13-17(18)25-23/h4-7,10,13,25H,8-9,11-12,14-15H2,1-3H3. The molecule has 0 saturated carbocycles. The summed E-state index contributed by atoms with van der Waals surface area (Å²) in [7, 11) is 0. The molecule has 0 radical (unpaired) electrons. The molecule has 1 unspecified atom stereocenters. The fourth-order valence-electron chi connectivity index (χ4n) is 5.21. The Bertz CT molecular complexity index is 969. The van der Waals surface area contributed by atoms with Crippen molar-refractivity contribution in [3.63, 3.8) is 0 Å². The van der Waals surface area contributed by atoms with E-state index in [4.69, 9.17) is 16.3 Å². The van der Waals surface area contributed by atoms with Gasteiger partial charge in [-0.2, -0.15) is 0 Å². The predicted molar refractivity (Wildman–Crippen MR) is 115 cm³/mol. The molecule has 0 aliphatic carbocycles. The maximum absolute atomic E-state index is 12.7. The number of carbonyl (C=O) groups excluding carboxylic acids is 1. The van der Waals surface area contributed by atoms with Gasteiger partial charge in [-0.1, -0.05) is 32.4 Å². The van der Waals surface area contributed by atoms with Gasteiger partial charge >= 0.3 is 0 Å². The van der Waals surface area contributed by atoms with Crippen molar-refractivity contribution in [2.45, 2.75) is 51.2 Å². The number of halogens is 1. The van der Waals surface area contributed by atoms with Gasteiger partial charge in [0.05, 0.1) is 29.3 Å². The molecular formula is C23H28ClN3O2. The van der Waals surface area contributed by atoms with E-state index in [1.54, 1.807) is 0 Å². The molecule has 0 bridgehead atoms. The Hall–Kier alpha value is -1.98. The summed E-state index contributed by atoms with van der Waals surface area (Å²) in [4.78, 5) is 14.7. The number of anilines is 1. The summed E-state index contributed by atoms with van der Waals surface area (Å²) >= 11 is 6.28. The monoisotopic (exact) mass is 413 g/mol. The molecule has 1 aromatic carbocycles. The summed E-state index contributed by atoms with van der Waals surface area (Å²) in [6.07, 6.45) is 4.76. The first-order chi connectivity index (χ1) is 13.7. The number of ether oxygens (including phenoxy) is 1. The van der Waals surface area contributed by atoms with Gasteiger partial charge in [-0.05, 0) is 43.2 Å². The maximum atomic E-state index is 12.7. The minimum absolute atomic E-state index is 0.188. The van der Waals surface area contributed by atoms with Gasteiger partial charge < -0.3 is 19.5 Å². The van der Waals surface area contributed by atoms with Crippen molar-refractivity contribution < 1.29 is 9.53 Å². The summed E-state index contributed by atoms with van der Waals surface area (Å²) in [5.74, 6) is 0.230. The van der Waals surface area contributed by atoms with Crippen molar-refractivity contribution in [2.24, 2.45) is 5.41 Å². The van der Waals surface area contributed by atoms with Crippen molar-refractivity contribution in [2.75, 3.05) is 25.0 Å². The zero-order valence-electron chi connectivity index (χ0n) is 17.3. The number of rotatable bonds is 0. The van der Waals surface area contributed by atoms with Crippen LogP contribution in [-0.4, -0.2) is 40.7 Å². The van der Waals surface area contributed by atoms with Gasteiger partial charge in [-0.25, -0.2) is 0 Å². The zero-order valence-corrected chi connectivity index (χ0v) is 18.1. The lowest BCUT2D eigenvalue weighted by atomic mass is 9.79. The van der Waals surface area contributed by atoms with Gasteiger partial charge in [0.1, 0.15) is 5.54 Å². The molecule has 6 heteroatoms. The van der Waals surface area contributed by atoms with E-state index in [1.165, 1.54) is 5.69 Å². The van der Waals surface area contributed by atoms with E-state index < -0.39 is 0 Å². The Labute approximate surface area is 177 Å². The van der Waals surface area contributed by atoms with Crippen LogP contribution in [-0.2, 0) is 15.1 Å². The average Bonchev–Trinajstić information content (AvgIpc) is 3.28. The molecule has 154 valence electrons. The number of nitrogens with zero attached hydrogens (tertiary/aromatic N) is 2. The SMILES string of the molecule is CC(C)(C)C(=O)N1CCC2(CC1)CC1(CO2)Nc2cc(Cl)ccc2-n2cccc21. The lowest BCUT2D eigenvalue weighted by molar-refractivity contribution is -0.144. The lowest BCUT2D eigenvalue weighted by Crippen LogP contribution is -2.50. The van der Waals surface area contributed by atoms with E-state index in [0.29, 0.717) is 6.61 Å². The number of hydrogen-bond acceptors (Lipinski definition) is 3. The van der Waals surface area contributed by atoms with E-state index in [1.807, 2.05) is 37.8 Å². The Kier molecular flexibility index (Phi) is 4.10. The van der Waals surface area contributed by atoms with Crippen LogP contribution in [0.2, 0.25) is 5.02 Å². The van der Waals surface area contributed by atoms with Gasteiger partial charge in [-0.15, -0.1) is 0 Å². The minimum atomic E-state index is -0.336. The Balaban J connectivity index is 1.41. The topological polar surface area (TPSA) is 46.5 Å². The third kappa shape index (κ3) is 2.98. The molecule has 2 spiro atoms. The molecule has 29 heavy (non-hydrogen) atoms. The Morgan fingerprint density at radius 2 is 1.97 bits per heavy atom. The van der Waals surface area contributed by atoms with Crippen LogP contribution in [0.1, 0.15) is 45.7 Å². The number of hydrogen-bond donors (Lipinski definition) is 1. The van der Waals surface area contributed by atoms with Crippen LogP contribution in [0.5, 0.6) is 0 Å². The quantitative estimate of drug-likeness (QED) is 0.687. The molecule has 2 fully saturated rings. The highest BCUT2D eigenvalue weighted by Gasteiger charge is 2.54. The smallest absolute Gasteiger partial charge is 0.227 e. The van der Waals surface area contributed by atoms with Gasteiger partial charge in [-0.3, -0.25) is 4.79 Å². The van der Waals surface area contributed by atoms with Crippen LogP contribution in [0.25, 0.3) is 5.69 Å². The van der Waals surface area contributed by atoms with Crippen LogP contribution >= 0.6 is 11.6 Å². The molecular weight excluding hydrogens is 386 g/mol. The molecule has 5 rings (SSSR count). The van der Waals surface area contributed by atoms with Crippen molar-refractivity contribution >= 4 is 23.2 Å². The van der Waals surface area contributed by atoms with Crippen molar-refractivity contribution in [1.82, 2.24) is 9.47 Å². The Morgan fingerprint density at radius 3 is 2.69 bits per heavy atom. The predicted octanol–water partition coefficient (Wildman–Crippen LogP) is 4.58. The second kappa shape index (κ2) is 6.26. The van der Waals surface area contributed by atoms with E-state index >= 15 is 0 Å². The second-order valence-electron chi connectivity index (χ2n) is 9.82. The minimum Gasteiger partial charge on any atom is -0.372 e. The van der Waals surface area contributed by atoms with E-state index in [-0.39, 0.29) is 22.5 Å². The van der Waals surface area contributed by atoms with Crippen LogP contribution in [0, 0.1) is 5.41 Å². The fraction of sp³-hybridized carbons (Fsp3) is 0.522. The Morgan fingerprint density at radius 1 is 1.21 bits per heavy atom. The van der Waals surface area contributed by atoms with Gasteiger partial charge in [0.25, 0.3) is 0 Å². The van der Waals surface area contributed by atoms with Crippen LogP contribution in [0.3, 0.4) is 0 Å². The van der Waals surface area contributed by atoms with Crippen LogP contribution < -0.4 is 5.32 Å². The van der Waals surface area contributed by atoms with Crippen molar-refractivity contribution in [3.05, 3.63) is 47.2 Å². The second-order valence-corrected chi connectivity index (χ2v) is 10.3. The number of carbonyl (C=O) groups is 1. The van der Waals surface area contributed by atoms with E-state index in [2.05, 4.69) is 34.3 Å². The third-order valence-corrected chi connectivity index (χ3v) is 6.92. The number of aromatic nitrogens is 1. The molecule has 2 saturated heterocycles. The van der Waals surface area contributed by atoms with Gasteiger partial charge in [0, 0.05) is 36.1 Å². The third-order valence-electron chi connectivity index (χ3n) is 6.68. The lowest BCUT2D eigenvalue weighted by Gasteiger charge is -2.42. The molecule has 1 atom stereocenters. The van der Waals surface area contributed by atoms with Crippen LogP contribution in [0.4, 0.5) is 5.69 Å². The normalized spacial score (nSPS) is 25.0. The summed E-state index contributed by atoms with van der Waals surface area (Å²) in [5, 5.41) is 4.50. The van der Waals surface area contributed by atoms with Gasteiger partial charge in [0.15, 0.2) is 0 Å². The van der Waals surface area contributed by atoms with Gasteiger partial charge in [0.2, 0.25) is 5.91 Å². The highest BCUT2D eigenvalue weighted by Crippen LogP contribution is 2.50. The number of nitrogens with one attached hydrogen (secondary N) is 1. The van der Waals surface area contributed by atoms with Crippen molar-refractivity contribution in [3.8, 4) is 5.69 Å². The fourth-order valence-corrected chi connectivity index (χ4v) is 5.38. The summed E-state index contributed by atoms with van der Waals surface area (Å²) in [6, 6.07) is 10.3. The average molecular weight is 414 g/mol. The highest BCUT2D eigenvalue weighted by molar-refractivity contribution is 6.31. The first-order valence-electron chi connectivity index (χ1n) is 10.4. The molecule has 3 aliphatic heterocycles. The summed E-state index contributed by atoms with van der Waals surface area (Å²) in [6.45, 7) is 8.11. The number of benzene rings is 1. The molecule has 2 aromatic rings. The molecule has 1 aromatic heterocycles. The van der Waals surface area contributed by atoms with E-state index in [0.717, 1.165) is 48.7 Å².